The average molecular weight is 428 g/mol. The molecule has 0 amide bonds. The van der Waals surface area contributed by atoms with Gasteiger partial charge >= 0.3 is 80.6 Å². The second kappa shape index (κ2) is 15.8. The van der Waals surface area contributed by atoms with Gasteiger partial charge in [-0.25, -0.2) is 0 Å². The summed E-state index contributed by atoms with van der Waals surface area (Å²) in [5.41, 5.74) is 0. The standard InChI is InChI=1S/2In.5O.Sn. The van der Waals surface area contributed by atoms with Crippen LogP contribution < -0.4 is 0 Å². The first-order valence-electron chi connectivity index (χ1n) is 1.35. The van der Waals surface area contributed by atoms with Gasteiger partial charge in [0.15, 0.2) is 0 Å². The first kappa shape index (κ1) is 12.2. The van der Waals surface area contributed by atoms with Gasteiger partial charge in [-0.3, -0.25) is 0 Å². The van der Waals surface area contributed by atoms with Gasteiger partial charge in [-0.2, -0.15) is 0 Å². The molecule has 0 aromatic heterocycles. The Morgan fingerprint density at radius 1 is 1.12 bits per heavy atom. The molecule has 0 rings (SSSR count). The van der Waals surface area contributed by atoms with E-state index in [1.807, 2.05) is 0 Å². The number of hydrogen-bond donors (Lipinski definition) is 0. The Hall–Kier alpha value is 1.54. The molecule has 0 heterocycles. The number of rotatable bonds is 2. The Morgan fingerprint density at radius 2 is 1.38 bits per heavy atom. The van der Waals surface area contributed by atoms with Crippen LogP contribution in [0.5, 0.6) is 0 Å². The summed E-state index contributed by atoms with van der Waals surface area (Å²) in [6.07, 6.45) is 0. The number of hydrogen-bond acceptors (Lipinski definition) is 5. The van der Waals surface area contributed by atoms with E-state index in [-0.39, 0.29) is 0 Å². The van der Waals surface area contributed by atoms with Crippen molar-refractivity contribution in [2.24, 2.45) is 0 Å². The van der Waals surface area contributed by atoms with Gasteiger partial charge in [-0.05, 0) is 0 Å². The van der Waals surface area contributed by atoms with Gasteiger partial charge in [0, 0.05) is 0 Å². The zero-order chi connectivity index (χ0) is 6.83. The van der Waals surface area contributed by atoms with E-state index in [1.165, 1.54) is 0 Å². The molecule has 8 heteroatoms. The second-order valence-corrected chi connectivity index (χ2v) is 7.97. The molecule has 0 bridgehead atoms. The third-order valence-corrected chi connectivity index (χ3v) is 5.00. The normalized spacial score (nSPS) is 3.50. The molecule has 0 saturated heterocycles. The summed E-state index contributed by atoms with van der Waals surface area (Å²) in [5.74, 6) is 0. The van der Waals surface area contributed by atoms with Crippen LogP contribution in [0, 0.1) is 0 Å². The van der Waals surface area contributed by atoms with E-state index in [0.717, 1.165) is 0 Å². The molecule has 0 spiro atoms. The zero-order valence-corrected chi connectivity index (χ0v) is 13.1. The molecule has 0 aliphatic rings. The fraction of sp³-hybridized carbons (Fsp3) is 0. The third-order valence-electron chi connectivity index (χ3n) is 0.111. The second-order valence-electron chi connectivity index (χ2n) is 0.412. The summed E-state index contributed by atoms with van der Waals surface area (Å²) >= 11 is -6.08. The molecule has 0 aromatic rings. The van der Waals surface area contributed by atoms with Crippen molar-refractivity contribution < 1.29 is 12.8 Å². The molecule has 5 nitrogen and oxygen atoms in total. The molecular weight excluding hydrogens is 428 g/mol. The predicted octanol–water partition coefficient (Wildman–Crippen LogP) is -1.69. The molecule has 0 radical (unpaired) electrons. The van der Waals surface area contributed by atoms with E-state index in [9.17, 15) is 5.71 Å². The predicted molar refractivity (Wildman–Crippen MR) is 21.1 cm³/mol. The monoisotopic (exact) mass is 430 g/mol. The van der Waals surface area contributed by atoms with Crippen LogP contribution in [0.15, 0.2) is 0 Å². The van der Waals surface area contributed by atoms with Gasteiger partial charge in [0.2, 0.25) is 0 Å². The van der Waals surface area contributed by atoms with Crippen LogP contribution in [0.2, 0.25) is 0 Å². The molecule has 0 N–H and O–H groups in total. The Morgan fingerprint density at radius 3 is 1.38 bits per heavy atom. The van der Waals surface area contributed by atoms with Crippen molar-refractivity contribution in [1.82, 2.24) is 0 Å². The Bertz CT molecular complexity index is 86.6. The maximum atomic E-state index is 9.35. The van der Waals surface area contributed by atoms with Crippen molar-refractivity contribution in [1.29, 1.82) is 0 Å². The van der Waals surface area contributed by atoms with Gasteiger partial charge in [-0.15, -0.1) is 0 Å². The maximum absolute atomic E-state index is 9.35. The summed E-state index contributed by atoms with van der Waals surface area (Å²) in [4.78, 5) is 0. The fourth-order valence-corrected chi connectivity index (χ4v) is 1.02. The van der Waals surface area contributed by atoms with E-state index >= 15 is 0 Å². The average Bonchev–Trinajstić information content (AvgIpc) is 1.71. The molecule has 0 atom stereocenters. The van der Waals surface area contributed by atoms with Crippen LogP contribution in [-0.4, -0.2) is 67.8 Å². The summed E-state index contributed by atoms with van der Waals surface area (Å²) < 4.78 is 39.9. The summed E-state index contributed by atoms with van der Waals surface area (Å²) in [6, 6.07) is 0. The Balaban J connectivity index is 0. The van der Waals surface area contributed by atoms with E-state index in [0.29, 0.717) is 0 Å². The van der Waals surface area contributed by atoms with Crippen molar-refractivity contribution in [3.05, 3.63) is 0 Å². The SMILES string of the molecule is [O]=[In][O][In]=[O].[O]=[Sn]=[O]. The molecule has 0 aliphatic heterocycles. The quantitative estimate of drug-likeness (QED) is 0.491. The van der Waals surface area contributed by atoms with Gasteiger partial charge in [0.25, 0.3) is 0 Å². The Kier molecular flexibility index (Phi) is 24.2. The Labute approximate surface area is 79.3 Å². The van der Waals surface area contributed by atoms with Crippen LogP contribution in [-0.2, 0) is 12.8 Å². The first-order chi connectivity index (χ1) is 3.83. The molecule has 0 unspecified atom stereocenters. The van der Waals surface area contributed by atoms with Crippen LogP contribution in [0.1, 0.15) is 0 Å². The van der Waals surface area contributed by atoms with Crippen molar-refractivity contribution in [2.45, 2.75) is 0 Å². The van der Waals surface area contributed by atoms with E-state index in [1.54, 1.807) is 0 Å². The van der Waals surface area contributed by atoms with Crippen molar-refractivity contribution in [3.8, 4) is 0 Å². The van der Waals surface area contributed by atoms with Gasteiger partial charge in [0.1, 0.15) is 0 Å². The zero-order valence-electron chi connectivity index (χ0n) is 3.70. The molecule has 8 heavy (non-hydrogen) atoms. The summed E-state index contributed by atoms with van der Waals surface area (Å²) in [6.45, 7) is 0. The first-order valence-corrected chi connectivity index (χ1v) is 9.06. The van der Waals surface area contributed by atoms with E-state index in [4.69, 9.17) is 6.15 Å². The summed E-state index contributed by atoms with van der Waals surface area (Å²) in [5, 5.41) is 0. The van der Waals surface area contributed by atoms with Gasteiger partial charge in [-0.1, -0.05) is 0 Å². The van der Waals surface area contributed by atoms with Crippen molar-refractivity contribution >= 4 is 67.8 Å². The molecule has 40 valence electrons. The molecule has 0 saturated carbocycles. The molecule has 0 fully saturated rings. The minimum absolute atomic E-state index is 1.91. The molecule has 0 aliphatic carbocycles. The van der Waals surface area contributed by atoms with Crippen LogP contribution in [0.3, 0.4) is 0 Å². The van der Waals surface area contributed by atoms with Gasteiger partial charge in [0.05, 0.1) is 0 Å². The van der Waals surface area contributed by atoms with Crippen LogP contribution >= 0.6 is 0 Å². The summed E-state index contributed by atoms with van der Waals surface area (Å²) in [7, 11) is 0. The topological polar surface area (TPSA) is 77.5 Å². The molecule has 0 aromatic carbocycles. The fourth-order valence-electron chi connectivity index (χ4n) is 0.0227. The van der Waals surface area contributed by atoms with Gasteiger partial charge < -0.3 is 0 Å². The van der Waals surface area contributed by atoms with Crippen LogP contribution in [0.25, 0.3) is 0 Å². The van der Waals surface area contributed by atoms with Crippen molar-refractivity contribution in [3.63, 3.8) is 0 Å². The third kappa shape index (κ3) is 25.7. The van der Waals surface area contributed by atoms with Crippen LogP contribution in [0.4, 0.5) is 0 Å². The van der Waals surface area contributed by atoms with E-state index in [2.05, 4.69) is 0.972 Å². The van der Waals surface area contributed by atoms with E-state index < -0.39 is 67.8 Å². The van der Waals surface area contributed by atoms with Crippen molar-refractivity contribution in [2.75, 3.05) is 0 Å². The molecular formula is In2O5Sn. The minimum atomic E-state index is -2.27.